The van der Waals surface area contributed by atoms with Crippen molar-refractivity contribution in [2.45, 2.75) is 4.90 Å². The van der Waals surface area contributed by atoms with Crippen LogP contribution in [0.3, 0.4) is 0 Å². The summed E-state index contributed by atoms with van der Waals surface area (Å²) in [7, 11) is -3.76. The van der Waals surface area contributed by atoms with E-state index in [2.05, 4.69) is 26.3 Å². The van der Waals surface area contributed by atoms with Crippen LogP contribution in [0.15, 0.2) is 58.4 Å². The van der Waals surface area contributed by atoms with E-state index in [1.165, 1.54) is 36.4 Å². The van der Waals surface area contributed by atoms with Gasteiger partial charge in [0, 0.05) is 0 Å². The summed E-state index contributed by atoms with van der Waals surface area (Å²) in [5.74, 6) is -0.343. The maximum absolute atomic E-state index is 12.8. The van der Waals surface area contributed by atoms with Crippen molar-refractivity contribution in [3.05, 3.63) is 54.3 Å². The number of hydrogen-bond acceptors (Lipinski definition) is 3. The molecule has 0 aliphatic heterocycles. The molecule has 0 saturated heterocycles. The van der Waals surface area contributed by atoms with Gasteiger partial charge in [0.15, 0.2) is 0 Å². The standard InChI is InChI=1S/C13H11FN3O2SSe/c14-9-4-6-10(7-5-9)16-13(21)17-11-2-1-3-12(8-11)20(15,18)19/h1-8H,(H,16,17)(H2,15,18,19). The number of primary sulfonamides is 1. The minimum atomic E-state index is -3.76. The van der Waals surface area contributed by atoms with Gasteiger partial charge >= 0.3 is 130 Å². The molecule has 0 bridgehead atoms. The predicted molar refractivity (Wildman–Crippen MR) is 80.7 cm³/mol. The average Bonchev–Trinajstić information content (AvgIpc) is 2.41. The SMILES string of the molecule is NS(=O)(=O)c1cccc(NC([Se])=Nc2ccc(F)cc2)c1. The summed E-state index contributed by atoms with van der Waals surface area (Å²) in [5.41, 5.74) is 1.07. The molecule has 0 aromatic heterocycles. The van der Waals surface area contributed by atoms with Gasteiger partial charge in [-0.2, -0.15) is 0 Å². The number of aliphatic imine (C=N–C) groups is 1. The molecule has 0 spiro atoms. The van der Waals surface area contributed by atoms with E-state index < -0.39 is 10.0 Å². The minimum absolute atomic E-state index is 0.00193. The van der Waals surface area contributed by atoms with Gasteiger partial charge in [-0.25, -0.2) is 0 Å². The molecule has 0 unspecified atom stereocenters. The molecular formula is C13H11FN3O2SSe. The van der Waals surface area contributed by atoms with Crippen molar-refractivity contribution in [2.24, 2.45) is 10.1 Å². The molecule has 0 heterocycles. The summed E-state index contributed by atoms with van der Waals surface area (Å²) in [4.78, 5) is 4.19. The fraction of sp³-hybridized carbons (Fsp3) is 0. The molecule has 0 aliphatic carbocycles. The number of nitrogens with two attached hydrogens (primary N) is 1. The van der Waals surface area contributed by atoms with Crippen molar-refractivity contribution < 1.29 is 12.8 Å². The molecular weight excluding hydrogens is 360 g/mol. The van der Waals surface area contributed by atoms with Gasteiger partial charge in [0.1, 0.15) is 0 Å². The topological polar surface area (TPSA) is 84.5 Å². The first-order valence-corrected chi connectivity index (χ1v) is 8.16. The van der Waals surface area contributed by atoms with E-state index in [0.717, 1.165) is 0 Å². The Morgan fingerprint density at radius 3 is 2.48 bits per heavy atom. The van der Waals surface area contributed by atoms with Crippen LogP contribution in [0.5, 0.6) is 0 Å². The van der Waals surface area contributed by atoms with Gasteiger partial charge in [-0.05, 0) is 0 Å². The third-order valence-corrected chi connectivity index (χ3v) is 3.79. The summed E-state index contributed by atoms with van der Waals surface area (Å²) in [5, 5.41) is 7.96. The van der Waals surface area contributed by atoms with Gasteiger partial charge in [-0.3, -0.25) is 0 Å². The van der Waals surface area contributed by atoms with Gasteiger partial charge in [0.05, 0.1) is 0 Å². The predicted octanol–water partition coefficient (Wildman–Crippen LogP) is 1.74. The number of nitrogens with zero attached hydrogens (tertiary/aromatic N) is 1. The Morgan fingerprint density at radius 1 is 1.19 bits per heavy atom. The normalized spacial score (nSPS) is 12.2. The molecule has 5 nitrogen and oxygen atoms in total. The van der Waals surface area contributed by atoms with E-state index in [0.29, 0.717) is 16.1 Å². The fourth-order valence-electron chi connectivity index (χ4n) is 1.54. The van der Waals surface area contributed by atoms with Crippen LogP contribution in [0.4, 0.5) is 15.8 Å². The Morgan fingerprint density at radius 2 is 1.86 bits per heavy atom. The molecule has 21 heavy (non-hydrogen) atoms. The zero-order valence-electron chi connectivity index (χ0n) is 10.7. The number of anilines is 1. The Labute approximate surface area is 130 Å². The summed E-state index contributed by atoms with van der Waals surface area (Å²) in [6.07, 6.45) is 0. The first-order chi connectivity index (χ1) is 9.84. The third-order valence-electron chi connectivity index (χ3n) is 2.47. The van der Waals surface area contributed by atoms with E-state index >= 15 is 0 Å². The first kappa shape index (κ1) is 15.7. The second-order valence-corrected chi connectivity index (χ2v) is 6.46. The molecule has 109 valence electrons. The van der Waals surface area contributed by atoms with Gasteiger partial charge in [0.25, 0.3) is 0 Å². The van der Waals surface area contributed by atoms with Crippen molar-refractivity contribution in [1.29, 1.82) is 0 Å². The number of amidine groups is 1. The number of halogens is 1. The molecule has 2 rings (SSSR count). The fourth-order valence-corrected chi connectivity index (χ4v) is 2.56. The number of sulfonamides is 1. The van der Waals surface area contributed by atoms with Crippen LogP contribution in [0.25, 0.3) is 0 Å². The summed E-state index contributed by atoms with van der Waals surface area (Å²) in [6, 6.07) is 11.7. The Hall–Kier alpha value is -1.73. The van der Waals surface area contributed by atoms with Crippen molar-refractivity contribution in [1.82, 2.24) is 0 Å². The van der Waals surface area contributed by atoms with Crippen LogP contribution in [0.2, 0.25) is 0 Å². The second-order valence-electron chi connectivity index (χ2n) is 4.09. The van der Waals surface area contributed by atoms with E-state index in [4.69, 9.17) is 5.14 Å². The Kier molecular flexibility index (Phi) is 4.74. The molecule has 8 heteroatoms. The summed E-state index contributed by atoms with van der Waals surface area (Å²) in [6.45, 7) is 0. The van der Waals surface area contributed by atoms with Crippen LogP contribution in [0, 0.1) is 5.82 Å². The average molecular weight is 371 g/mol. The zero-order chi connectivity index (χ0) is 15.5. The molecule has 2 aromatic rings. The Balaban J connectivity index is 2.19. The van der Waals surface area contributed by atoms with Crippen LogP contribution >= 0.6 is 0 Å². The molecule has 0 aliphatic rings. The quantitative estimate of drug-likeness (QED) is 0.490. The summed E-state index contributed by atoms with van der Waals surface area (Å²) < 4.78 is 35.7. The molecule has 3 N–H and O–H groups in total. The second kappa shape index (κ2) is 6.36. The third kappa shape index (κ3) is 4.64. The summed E-state index contributed by atoms with van der Waals surface area (Å²) >= 11 is 2.71. The molecule has 2 aromatic carbocycles. The zero-order valence-corrected chi connectivity index (χ0v) is 13.2. The van der Waals surface area contributed by atoms with Gasteiger partial charge < -0.3 is 0 Å². The number of rotatable bonds is 3. The van der Waals surface area contributed by atoms with E-state index in [1.807, 2.05) is 0 Å². The van der Waals surface area contributed by atoms with Crippen molar-refractivity contribution in [3.8, 4) is 0 Å². The first-order valence-electron chi connectivity index (χ1n) is 5.76. The van der Waals surface area contributed by atoms with Crippen molar-refractivity contribution in [2.75, 3.05) is 5.32 Å². The van der Waals surface area contributed by atoms with E-state index in [1.54, 1.807) is 12.1 Å². The van der Waals surface area contributed by atoms with E-state index in [-0.39, 0.29) is 10.7 Å². The van der Waals surface area contributed by atoms with Crippen molar-refractivity contribution in [3.63, 3.8) is 0 Å². The molecule has 0 saturated carbocycles. The molecule has 1 radical (unpaired) electrons. The van der Waals surface area contributed by atoms with Crippen LogP contribution < -0.4 is 10.5 Å². The van der Waals surface area contributed by atoms with Gasteiger partial charge in [-0.1, -0.05) is 0 Å². The van der Waals surface area contributed by atoms with Gasteiger partial charge in [0.2, 0.25) is 0 Å². The van der Waals surface area contributed by atoms with Crippen molar-refractivity contribution >= 4 is 42.1 Å². The maximum atomic E-state index is 12.8. The van der Waals surface area contributed by atoms with Crippen LogP contribution in [-0.4, -0.2) is 29.2 Å². The van der Waals surface area contributed by atoms with Crippen LogP contribution in [0.1, 0.15) is 0 Å². The molecule has 0 atom stereocenters. The number of benzene rings is 2. The molecule has 0 fully saturated rings. The van der Waals surface area contributed by atoms with E-state index in [9.17, 15) is 12.8 Å². The Bertz CT molecular complexity index is 776. The number of nitrogens with one attached hydrogen (secondary N) is 1. The van der Waals surface area contributed by atoms with Crippen LogP contribution in [-0.2, 0) is 10.0 Å². The molecule has 0 amide bonds. The number of hydrogen-bond donors (Lipinski definition) is 2. The monoisotopic (exact) mass is 372 g/mol. The van der Waals surface area contributed by atoms with Gasteiger partial charge in [-0.15, -0.1) is 0 Å².